The molecule has 2 N–H and O–H groups in total. The van der Waals surface area contributed by atoms with Crippen molar-refractivity contribution in [3.63, 3.8) is 0 Å². The third kappa shape index (κ3) is 8.27. The number of carbonyl (C=O) groups excluding carboxylic acids is 5. The number of β-lactam (4-membered cyclic amide) rings is 1. The molecule has 2 aromatic carbocycles. The summed E-state index contributed by atoms with van der Waals surface area (Å²) in [6.45, 7) is 8.26. The number of hydrogen-bond acceptors (Lipinski definition) is 13. The quantitative estimate of drug-likeness (QED) is 0.0700. The molecular formula is C34H34N4O11S2. The zero-order chi connectivity index (χ0) is 36.8. The number of nitrogens with zero attached hydrogens (tertiary/aromatic N) is 3. The van der Waals surface area contributed by atoms with E-state index in [2.05, 4.69) is 18.5 Å². The minimum atomic E-state index is -1.06. The number of nitro groups is 1. The molecule has 1 unspecified atom stereocenters. The van der Waals surface area contributed by atoms with Crippen LogP contribution in [0.3, 0.4) is 0 Å². The van der Waals surface area contributed by atoms with Gasteiger partial charge in [-0.25, -0.2) is 14.4 Å². The predicted octanol–water partition coefficient (Wildman–Crippen LogP) is 4.20. The normalized spacial score (nSPS) is 21.3. The summed E-state index contributed by atoms with van der Waals surface area (Å²) >= 11 is 2.43. The SMILES string of the molecule is C=CCOC(=O)C1=C(S[C@H]2C[C@@H](C(=O)Nc3cccc(C(=O)OCC=C)c3)N(C(=O)OCc3ccc([N+](=O)[O-])cc3)C2)S[C@@H]2[C@@H](C(C)O)C(=O)N12. The van der Waals surface area contributed by atoms with Gasteiger partial charge in [0.15, 0.2) is 5.70 Å². The molecule has 3 heterocycles. The van der Waals surface area contributed by atoms with Gasteiger partial charge in [0.05, 0.1) is 26.7 Å². The van der Waals surface area contributed by atoms with Crippen LogP contribution >= 0.6 is 23.5 Å². The fourth-order valence-electron chi connectivity index (χ4n) is 5.62. The summed E-state index contributed by atoms with van der Waals surface area (Å²) < 4.78 is 16.3. The van der Waals surface area contributed by atoms with E-state index < -0.39 is 63.5 Å². The lowest BCUT2D eigenvalue weighted by Gasteiger charge is -2.43. The number of anilines is 1. The van der Waals surface area contributed by atoms with Gasteiger partial charge in [-0.3, -0.25) is 29.5 Å². The number of rotatable bonds is 14. The molecule has 0 spiro atoms. The van der Waals surface area contributed by atoms with Crippen molar-refractivity contribution in [2.24, 2.45) is 5.92 Å². The van der Waals surface area contributed by atoms with E-state index in [-0.39, 0.29) is 55.4 Å². The highest BCUT2D eigenvalue weighted by molar-refractivity contribution is 8.23. The molecule has 0 radical (unpaired) electrons. The number of fused-ring (bicyclic) bond motifs is 1. The molecule has 51 heavy (non-hydrogen) atoms. The number of hydrogen-bond donors (Lipinski definition) is 2. The monoisotopic (exact) mass is 738 g/mol. The molecule has 15 nitrogen and oxygen atoms in total. The van der Waals surface area contributed by atoms with Gasteiger partial charge in [0.1, 0.15) is 31.2 Å². The van der Waals surface area contributed by atoms with Crippen LogP contribution in [0.15, 0.2) is 83.8 Å². The second-order valence-electron chi connectivity index (χ2n) is 11.6. The van der Waals surface area contributed by atoms with Crippen molar-refractivity contribution >= 4 is 64.7 Å². The Morgan fingerprint density at radius 1 is 1.10 bits per heavy atom. The Hall–Kier alpha value is -5.13. The maximum absolute atomic E-state index is 13.8. The number of likely N-dealkylation sites (tertiary alicyclic amines) is 1. The highest BCUT2D eigenvalue weighted by atomic mass is 32.2. The van der Waals surface area contributed by atoms with Crippen molar-refractivity contribution < 1.29 is 48.2 Å². The van der Waals surface area contributed by atoms with Gasteiger partial charge in [0.2, 0.25) is 11.8 Å². The van der Waals surface area contributed by atoms with Gasteiger partial charge in [0.25, 0.3) is 5.69 Å². The standard InChI is InChI=1S/C34H34N4O11S2/c1-4-13-47-31(42)21-7-6-8-22(15-21)35-28(40)25-16-24(17-36(25)34(44)49-18-20-9-11-23(12-10-20)38(45)46)50-33-27(32(43)48-14-5-2)37-29(41)26(19(3)39)30(37)51-33/h4-12,15,19,24-26,30,39H,1-2,13-14,16-18H2,3H3,(H,35,40)/t19?,24-,25-,26-,30+/m0/s1. The van der Waals surface area contributed by atoms with Crippen LogP contribution in [0.2, 0.25) is 0 Å². The molecule has 3 aliphatic rings. The van der Waals surface area contributed by atoms with Crippen molar-refractivity contribution in [1.29, 1.82) is 0 Å². The molecule has 268 valence electrons. The van der Waals surface area contributed by atoms with Gasteiger partial charge < -0.3 is 24.6 Å². The number of carbonyl (C=O) groups is 5. The minimum Gasteiger partial charge on any atom is -0.458 e. The van der Waals surface area contributed by atoms with Crippen molar-refractivity contribution in [2.75, 3.05) is 25.1 Å². The lowest BCUT2D eigenvalue weighted by Crippen LogP contribution is -2.60. The summed E-state index contributed by atoms with van der Waals surface area (Å²) in [4.78, 5) is 78.8. The number of non-ortho nitro benzene ring substituents is 1. The summed E-state index contributed by atoms with van der Waals surface area (Å²) in [5.41, 5.74) is 0.843. The van der Waals surface area contributed by atoms with Gasteiger partial charge in [-0.2, -0.15) is 0 Å². The number of nitrogens with one attached hydrogen (secondary N) is 1. The van der Waals surface area contributed by atoms with Crippen LogP contribution < -0.4 is 5.32 Å². The lowest BCUT2D eigenvalue weighted by atomic mass is 9.92. The molecule has 3 amide bonds. The maximum Gasteiger partial charge on any atom is 0.410 e. The molecule has 0 bridgehead atoms. The Balaban J connectivity index is 1.37. The number of benzene rings is 2. The van der Waals surface area contributed by atoms with Crippen molar-refractivity contribution in [1.82, 2.24) is 9.80 Å². The molecule has 2 fully saturated rings. The van der Waals surface area contributed by atoms with Crippen molar-refractivity contribution in [3.8, 4) is 0 Å². The zero-order valence-corrected chi connectivity index (χ0v) is 28.9. The fourth-order valence-corrected chi connectivity index (χ4v) is 8.97. The van der Waals surface area contributed by atoms with Crippen molar-refractivity contribution in [2.45, 2.75) is 42.7 Å². The third-order valence-corrected chi connectivity index (χ3v) is 10.9. The first-order valence-electron chi connectivity index (χ1n) is 15.7. The van der Waals surface area contributed by atoms with E-state index >= 15 is 0 Å². The molecule has 5 rings (SSSR count). The Bertz CT molecular complexity index is 1780. The Morgan fingerprint density at radius 3 is 2.43 bits per heavy atom. The molecule has 5 atom stereocenters. The average Bonchev–Trinajstić information content (AvgIpc) is 3.68. The van der Waals surface area contributed by atoms with Crippen LogP contribution in [-0.4, -0.2) is 92.2 Å². The van der Waals surface area contributed by atoms with Crippen LogP contribution in [0.1, 0.15) is 29.3 Å². The Kier molecular flexibility index (Phi) is 11.8. The number of aliphatic hydroxyl groups is 1. The van der Waals surface area contributed by atoms with Crippen LogP contribution in [0.25, 0.3) is 0 Å². The van der Waals surface area contributed by atoms with Gasteiger partial charge in [-0.1, -0.05) is 43.1 Å². The molecule has 17 heteroatoms. The molecular weight excluding hydrogens is 705 g/mol. The highest BCUT2D eigenvalue weighted by Gasteiger charge is 2.58. The molecule has 2 saturated heterocycles. The number of amides is 3. The fraction of sp³-hybridized carbons (Fsp3) is 0.324. The second kappa shape index (κ2) is 16.3. The first-order chi connectivity index (χ1) is 24.4. The van der Waals surface area contributed by atoms with Crippen molar-refractivity contribution in [3.05, 3.63) is 105 Å². The van der Waals surface area contributed by atoms with E-state index in [1.165, 1.54) is 88.8 Å². The Labute approximate surface area is 300 Å². The average molecular weight is 739 g/mol. The molecule has 0 aliphatic carbocycles. The largest absolute Gasteiger partial charge is 0.458 e. The topological polar surface area (TPSA) is 195 Å². The summed E-state index contributed by atoms with van der Waals surface area (Å²) in [5, 5.41) is 23.0. The van der Waals surface area contributed by atoms with Crippen LogP contribution in [0.5, 0.6) is 0 Å². The molecule has 3 aliphatic heterocycles. The smallest absolute Gasteiger partial charge is 0.410 e. The van der Waals surface area contributed by atoms with Gasteiger partial charge in [0, 0.05) is 29.6 Å². The van der Waals surface area contributed by atoms with Crippen LogP contribution in [0, 0.1) is 16.0 Å². The number of thioether (sulfide) groups is 2. The van der Waals surface area contributed by atoms with Gasteiger partial charge in [-0.15, -0.1) is 11.8 Å². The molecule has 2 aromatic rings. The maximum atomic E-state index is 13.8. The number of esters is 2. The van der Waals surface area contributed by atoms with Gasteiger partial charge >= 0.3 is 18.0 Å². The number of aliphatic hydroxyl groups excluding tert-OH is 1. The summed E-state index contributed by atoms with van der Waals surface area (Å²) in [5.74, 6) is -3.09. The molecule has 0 aromatic heterocycles. The summed E-state index contributed by atoms with van der Waals surface area (Å²) in [6.07, 6.45) is 1.14. The number of nitro benzene ring substituents is 1. The highest BCUT2D eigenvalue weighted by Crippen LogP contribution is 2.55. The first kappa shape index (κ1) is 37.1. The summed E-state index contributed by atoms with van der Waals surface area (Å²) in [6, 6.07) is 10.5. The van der Waals surface area contributed by atoms with E-state index in [9.17, 15) is 39.2 Å². The predicted molar refractivity (Wildman–Crippen MR) is 187 cm³/mol. The minimum absolute atomic E-state index is 0.00224. The van der Waals surface area contributed by atoms with Crippen LogP contribution in [0.4, 0.5) is 16.2 Å². The van der Waals surface area contributed by atoms with E-state index in [1.807, 2.05) is 0 Å². The lowest BCUT2D eigenvalue weighted by molar-refractivity contribution is -0.384. The van der Waals surface area contributed by atoms with E-state index in [0.717, 1.165) is 0 Å². The second-order valence-corrected chi connectivity index (χ2v) is 14.3. The zero-order valence-electron chi connectivity index (χ0n) is 27.3. The van der Waals surface area contributed by atoms with Gasteiger partial charge in [-0.05, 0) is 49.2 Å². The summed E-state index contributed by atoms with van der Waals surface area (Å²) in [7, 11) is 0. The van der Waals surface area contributed by atoms with E-state index in [4.69, 9.17) is 14.2 Å². The van der Waals surface area contributed by atoms with Crippen LogP contribution in [-0.2, 0) is 35.2 Å². The van der Waals surface area contributed by atoms with E-state index in [1.54, 1.807) is 12.1 Å². The van der Waals surface area contributed by atoms with E-state index in [0.29, 0.717) is 9.80 Å². The number of ether oxygens (including phenoxy) is 3. The third-order valence-electron chi connectivity index (χ3n) is 8.07. The molecule has 0 saturated carbocycles. The first-order valence-corrected chi connectivity index (χ1v) is 17.4. The Morgan fingerprint density at radius 2 is 1.78 bits per heavy atom.